The molecule has 0 bridgehead atoms. The summed E-state index contributed by atoms with van der Waals surface area (Å²) in [6.07, 6.45) is 0.920. The van der Waals surface area contributed by atoms with E-state index < -0.39 is 11.9 Å². The van der Waals surface area contributed by atoms with E-state index in [1.165, 1.54) is 14.2 Å². The molecule has 0 aliphatic carbocycles. The van der Waals surface area contributed by atoms with Crippen LogP contribution in [0.4, 0.5) is 0 Å². The first-order chi connectivity index (χ1) is 14.9. The van der Waals surface area contributed by atoms with Crippen LogP contribution in [0.15, 0.2) is 30.3 Å². The Hall–Kier alpha value is -3.42. The van der Waals surface area contributed by atoms with E-state index in [1.807, 2.05) is 26.0 Å². The summed E-state index contributed by atoms with van der Waals surface area (Å²) in [6.45, 7) is 4.13. The molecule has 1 atom stereocenters. The predicted molar refractivity (Wildman–Crippen MR) is 113 cm³/mol. The van der Waals surface area contributed by atoms with Crippen LogP contribution < -0.4 is 24.3 Å². The molecule has 8 heteroatoms. The Morgan fingerprint density at radius 2 is 1.81 bits per heavy atom. The average Bonchev–Trinajstić information content (AvgIpc) is 3.14. The molecule has 0 saturated heterocycles. The van der Waals surface area contributed by atoms with E-state index in [1.54, 1.807) is 18.2 Å². The van der Waals surface area contributed by atoms with Gasteiger partial charge in [0, 0.05) is 29.2 Å². The summed E-state index contributed by atoms with van der Waals surface area (Å²) in [5.74, 6) is 1.39. The Bertz CT molecular complexity index is 935. The van der Waals surface area contributed by atoms with Crippen molar-refractivity contribution in [3.05, 3.63) is 47.0 Å². The van der Waals surface area contributed by atoms with E-state index in [2.05, 4.69) is 5.32 Å². The van der Waals surface area contributed by atoms with E-state index in [0.29, 0.717) is 35.0 Å². The van der Waals surface area contributed by atoms with Gasteiger partial charge < -0.3 is 29.0 Å². The summed E-state index contributed by atoms with van der Waals surface area (Å²) in [4.78, 5) is 24.6. The van der Waals surface area contributed by atoms with Crippen LogP contribution in [-0.4, -0.2) is 45.4 Å². The van der Waals surface area contributed by atoms with Crippen LogP contribution in [0.5, 0.6) is 23.0 Å². The number of methoxy groups -OCH3 is 2. The number of hydrogen-bond donors (Lipinski definition) is 1. The highest BCUT2D eigenvalue weighted by Crippen LogP contribution is 2.35. The van der Waals surface area contributed by atoms with E-state index in [-0.39, 0.29) is 19.3 Å². The molecule has 3 rings (SSSR count). The number of amides is 1. The standard InChI is InChI=1S/C23H27NO7/c1-5-29-20-9-15-6-14(2)31-21(15)10-17(20)13-30-22(25)12-24-23(26)16-7-18(27-3)11-19(8-16)28-4/h7-11,14H,5-6,12-13H2,1-4H3,(H,24,26). The number of hydrogen-bond acceptors (Lipinski definition) is 7. The highest BCUT2D eigenvalue weighted by molar-refractivity contribution is 5.96. The largest absolute Gasteiger partial charge is 0.497 e. The van der Waals surface area contributed by atoms with Crippen molar-refractivity contribution in [2.75, 3.05) is 27.4 Å². The zero-order valence-corrected chi connectivity index (χ0v) is 18.2. The summed E-state index contributed by atoms with van der Waals surface area (Å²) in [5.41, 5.74) is 2.10. The fourth-order valence-electron chi connectivity index (χ4n) is 3.29. The zero-order valence-electron chi connectivity index (χ0n) is 18.2. The molecule has 1 unspecified atom stereocenters. The van der Waals surface area contributed by atoms with Crippen LogP contribution in [0.1, 0.15) is 35.3 Å². The second-order valence-electron chi connectivity index (χ2n) is 7.08. The van der Waals surface area contributed by atoms with Gasteiger partial charge in [0.2, 0.25) is 0 Å². The van der Waals surface area contributed by atoms with Crippen molar-refractivity contribution >= 4 is 11.9 Å². The molecule has 0 aromatic heterocycles. The van der Waals surface area contributed by atoms with Crippen molar-refractivity contribution < 1.29 is 33.3 Å². The maximum atomic E-state index is 12.4. The molecule has 0 spiro atoms. The molecular weight excluding hydrogens is 402 g/mol. The number of fused-ring (bicyclic) bond motifs is 1. The molecule has 1 aliphatic heterocycles. The van der Waals surface area contributed by atoms with Gasteiger partial charge in [0.15, 0.2) is 0 Å². The Balaban J connectivity index is 1.58. The summed E-state index contributed by atoms with van der Waals surface area (Å²) in [7, 11) is 2.99. The summed E-state index contributed by atoms with van der Waals surface area (Å²) in [6, 6.07) is 8.55. The number of benzene rings is 2. The van der Waals surface area contributed by atoms with Crippen LogP contribution in [0.25, 0.3) is 0 Å². The van der Waals surface area contributed by atoms with Gasteiger partial charge in [-0.15, -0.1) is 0 Å². The first-order valence-corrected chi connectivity index (χ1v) is 10.1. The molecule has 1 N–H and O–H groups in total. The van der Waals surface area contributed by atoms with Crippen molar-refractivity contribution in [2.45, 2.75) is 33.0 Å². The number of carbonyl (C=O) groups is 2. The average molecular weight is 429 g/mol. The van der Waals surface area contributed by atoms with E-state index >= 15 is 0 Å². The van der Waals surface area contributed by atoms with Gasteiger partial charge in [-0.05, 0) is 38.1 Å². The fraction of sp³-hybridized carbons (Fsp3) is 0.391. The highest BCUT2D eigenvalue weighted by Gasteiger charge is 2.22. The lowest BCUT2D eigenvalue weighted by Crippen LogP contribution is -2.30. The lowest BCUT2D eigenvalue weighted by Gasteiger charge is -2.13. The van der Waals surface area contributed by atoms with Crippen LogP contribution >= 0.6 is 0 Å². The smallest absolute Gasteiger partial charge is 0.325 e. The minimum absolute atomic E-state index is 0.0159. The number of rotatable bonds is 9. The van der Waals surface area contributed by atoms with E-state index in [0.717, 1.165) is 17.7 Å². The summed E-state index contributed by atoms with van der Waals surface area (Å²) in [5, 5.41) is 2.54. The lowest BCUT2D eigenvalue weighted by atomic mass is 10.1. The van der Waals surface area contributed by atoms with E-state index in [9.17, 15) is 9.59 Å². The third-order valence-corrected chi connectivity index (χ3v) is 4.77. The summed E-state index contributed by atoms with van der Waals surface area (Å²) < 4.78 is 27.1. The van der Waals surface area contributed by atoms with Crippen molar-refractivity contribution in [3.8, 4) is 23.0 Å². The normalized spacial score (nSPS) is 14.3. The molecule has 0 fully saturated rings. The molecule has 0 saturated carbocycles. The Labute approximate surface area is 181 Å². The van der Waals surface area contributed by atoms with Crippen LogP contribution in [0, 0.1) is 0 Å². The molecule has 31 heavy (non-hydrogen) atoms. The van der Waals surface area contributed by atoms with Crippen molar-refractivity contribution in [1.82, 2.24) is 5.32 Å². The van der Waals surface area contributed by atoms with Gasteiger partial charge in [-0.2, -0.15) is 0 Å². The minimum atomic E-state index is -0.569. The summed E-state index contributed by atoms with van der Waals surface area (Å²) >= 11 is 0. The van der Waals surface area contributed by atoms with Gasteiger partial charge in [-0.1, -0.05) is 0 Å². The monoisotopic (exact) mass is 429 g/mol. The molecule has 2 aromatic carbocycles. The predicted octanol–water partition coefficient (Wildman–Crippen LogP) is 2.90. The van der Waals surface area contributed by atoms with Gasteiger partial charge in [0.1, 0.15) is 42.3 Å². The van der Waals surface area contributed by atoms with Crippen LogP contribution in [0.2, 0.25) is 0 Å². The second kappa shape index (κ2) is 10.1. The molecular formula is C23H27NO7. The lowest BCUT2D eigenvalue weighted by molar-refractivity contribution is -0.143. The zero-order chi connectivity index (χ0) is 22.4. The van der Waals surface area contributed by atoms with Gasteiger partial charge in [-0.25, -0.2) is 0 Å². The maximum absolute atomic E-state index is 12.4. The van der Waals surface area contributed by atoms with Crippen molar-refractivity contribution in [3.63, 3.8) is 0 Å². The fourth-order valence-corrected chi connectivity index (χ4v) is 3.29. The molecule has 0 radical (unpaired) electrons. The Kier molecular flexibility index (Phi) is 7.23. The van der Waals surface area contributed by atoms with Gasteiger partial charge in [0.25, 0.3) is 5.91 Å². The molecule has 1 aliphatic rings. The topological polar surface area (TPSA) is 92.3 Å². The Morgan fingerprint density at radius 3 is 2.45 bits per heavy atom. The molecule has 166 valence electrons. The second-order valence-corrected chi connectivity index (χ2v) is 7.08. The first kappa shape index (κ1) is 22.3. The third-order valence-electron chi connectivity index (χ3n) is 4.77. The van der Waals surface area contributed by atoms with E-state index in [4.69, 9.17) is 23.7 Å². The third kappa shape index (κ3) is 5.59. The first-order valence-electron chi connectivity index (χ1n) is 10.1. The number of carbonyl (C=O) groups excluding carboxylic acids is 2. The SMILES string of the molecule is CCOc1cc2c(cc1COC(=O)CNC(=O)c1cc(OC)cc(OC)c1)OC(C)C2. The maximum Gasteiger partial charge on any atom is 0.325 e. The molecule has 1 heterocycles. The molecule has 8 nitrogen and oxygen atoms in total. The number of ether oxygens (including phenoxy) is 5. The molecule has 1 amide bonds. The van der Waals surface area contributed by atoms with Gasteiger partial charge in [0.05, 0.1) is 20.8 Å². The van der Waals surface area contributed by atoms with Gasteiger partial charge >= 0.3 is 5.97 Å². The highest BCUT2D eigenvalue weighted by atomic mass is 16.5. The van der Waals surface area contributed by atoms with Crippen molar-refractivity contribution in [2.24, 2.45) is 0 Å². The van der Waals surface area contributed by atoms with Gasteiger partial charge in [-0.3, -0.25) is 9.59 Å². The number of esters is 1. The number of nitrogens with one attached hydrogen (secondary N) is 1. The minimum Gasteiger partial charge on any atom is -0.497 e. The van der Waals surface area contributed by atoms with Crippen LogP contribution in [-0.2, 0) is 22.6 Å². The van der Waals surface area contributed by atoms with Crippen LogP contribution in [0.3, 0.4) is 0 Å². The van der Waals surface area contributed by atoms with Crippen molar-refractivity contribution in [1.29, 1.82) is 0 Å². The quantitative estimate of drug-likeness (QED) is 0.613. The Morgan fingerprint density at radius 1 is 1.10 bits per heavy atom. The molecule has 2 aromatic rings.